The molecule has 0 aliphatic carbocycles. The molecular weight excluding hydrogens is 473 g/mol. The summed E-state index contributed by atoms with van der Waals surface area (Å²) in [6.07, 6.45) is 3.12. The third kappa shape index (κ3) is 5.45. The maximum absolute atomic E-state index is 15.0. The van der Waals surface area contributed by atoms with Crippen LogP contribution in [0, 0.1) is 5.82 Å². The zero-order valence-electron chi connectivity index (χ0n) is 21.9. The fourth-order valence-corrected chi connectivity index (χ4v) is 5.45. The largest absolute Gasteiger partial charge is 0.389 e. The molecule has 2 N–H and O–H groups in total. The van der Waals surface area contributed by atoms with Gasteiger partial charge in [-0.05, 0) is 49.4 Å². The van der Waals surface area contributed by atoms with E-state index in [1.54, 1.807) is 0 Å². The molecule has 5 rings (SSSR count). The van der Waals surface area contributed by atoms with Crippen LogP contribution in [0.15, 0.2) is 30.6 Å². The van der Waals surface area contributed by atoms with Crippen LogP contribution in [0.1, 0.15) is 51.2 Å². The molecule has 0 spiro atoms. The molecule has 0 bridgehead atoms. The topological polar surface area (TPSA) is 92.6 Å². The van der Waals surface area contributed by atoms with Gasteiger partial charge in [0.15, 0.2) is 5.82 Å². The first-order valence-corrected chi connectivity index (χ1v) is 13.1. The molecule has 2 aromatic heterocycles. The average Bonchev–Trinajstić information content (AvgIpc) is 2.88. The van der Waals surface area contributed by atoms with E-state index in [1.807, 2.05) is 24.4 Å². The molecule has 198 valence electrons. The molecule has 4 atom stereocenters. The van der Waals surface area contributed by atoms with Gasteiger partial charge in [-0.1, -0.05) is 19.9 Å². The van der Waals surface area contributed by atoms with Gasteiger partial charge in [-0.2, -0.15) is 0 Å². The zero-order chi connectivity index (χ0) is 26.1. The summed E-state index contributed by atoms with van der Waals surface area (Å²) in [6, 6.07) is 6.17. The number of anilines is 1. The normalized spacial score (nSPS) is 25.1. The number of rotatable bonds is 6. The van der Waals surface area contributed by atoms with Crippen LogP contribution in [0.4, 0.5) is 10.3 Å². The molecule has 2 aliphatic rings. The van der Waals surface area contributed by atoms with Gasteiger partial charge in [-0.15, -0.1) is 0 Å². The summed E-state index contributed by atoms with van der Waals surface area (Å²) < 4.78 is 26.0. The van der Waals surface area contributed by atoms with Crippen LogP contribution in [-0.4, -0.2) is 75.6 Å². The molecule has 0 saturated carbocycles. The third-order valence-electron chi connectivity index (χ3n) is 7.43. The lowest BCUT2D eigenvalue weighted by molar-refractivity contribution is -0.0411. The molecule has 0 radical (unpaired) electrons. The number of aliphatic hydroxyl groups is 1. The van der Waals surface area contributed by atoms with Crippen LogP contribution < -0.4 is 5.32 Å². The molecule has 8 nitrogen and oxygen atoms in total. The molecule has 1 aromatic carbocycles. The van der Waals surface area contributed by atoms with Crippen molar-refractivity contribution in [1.82, 2.24) is 19.9 Å². The molecule has 2 aliphatic heterocycles. The molecule has 3 aromatic rings. The van der Waals surface area contributed by atoms with Crippen LogP contribution >= 0.6 is 0 Å². The summed E-state index contributed by atoms with van der Waals surface area (Å²) in [7, 11) is 0. The monoisotopic (exact) mass is 509 g/mol. The fraction of sp³-hybridized carbons (Fsp3) is 0.536. The molecule has 9 heteroatoms. The van der Waals surface area contributed by atoms with Crippen LogP contribution in [0.2, 0.25) is 0 Å². The van der Waals surface area contributed by atoms with Crippen molar-refractivity contribution in [3.05, 3.63) is 47.5 Å². The minimum absolute atomic E-state index is 0.219. The standard InChI is InChI=1S/C28H36FN5O3/c1-16(2)26-20(12-34-17(3)13-37-14-18(34)4)10-30-23-6-5-19(9-21(23)26)27-22(29)11-31-28(33-27)32-24-7-8-36-15-25(24)35/h5-6,9-11,16-18,24-25,35H,7-8,12-15H2,1-4H3,(H,31,32,33)/t17-,18+,24-,25-/m1/s1. The number of hydrogen-bond donors (Lipinski definition) is 2. The Hall–Kier alpha value is -2.72. The van der Waals surface area contributed by atoms with E-state index < -0.39 is 11.9 Å². The van der Waals surface area contributed by atoms with Crippen molar-refractivity contribution in [1.29, 1.82) is 0 Å². The number of hydrogen-bond acceptors (Lipinski definition) is 8. The lowest BCUT2D eigenvalue weighted by atomic mass is 9.92. The Labute approximate surface area is 217 Å². The second kappa shape index (κ2) is 10.9. The van der Waals surface area contributed by atoms with E-state index in [-0.39, 0.29) is 30.2 Å². The van der Waals surface area contributed by atoms with E-state index >= 15 is 0 Å². The number of aliphatic hydroxyl groups excluding tert-OH is 1. The van der Waals surface area contributed by atoms with E-state index in [0.717, 1.165) is 30.7 Å². The maximum atomic E-state index is 15.0. The van der Waals surface area contributed by atoms with Crippen LogP contribution in [0.25, 0.3) is 22.2 Å². The fourth-order valence-electron chi connectivity index (χ4n) is 5.45. The molecule has 4 heterocycles. The van der Waals surface area contributed by atoms with Crippen molar-refractivity contribution in [3.8, 4) is 11.3 Å². The number of fused-ring (bicyclic) bond motifs is 1. The molecule has 2 saturated heterocycles. The Balaban J connectivity index is 1.51. The van der Waals surface area contributed by atoms with Crippen molar-refractivity contribution < 1.29 is 19.0 Å². The third-order valence-corrected chi connectivity index (χ3v) is 7.43. The number of halogens is 1. The van der Waals surface area contributed by atoms with Gasteiger partial charge in [-0.3, -0.25) is 9.88 Å². The highest BCUT2D eigenvalue weighted by atomic mass is 19.1. The summed E-state index contributed by atoms with van der Waals surface area (Å²) in [5.74, 6) is 0.0437. The van der Waals surface area contributed by atoms with Crippen molar-refractivity contribution in [3.63, 3.8) is 0 Å². The second-order valence-corrected chi connectivity index (χ2v) is 10.6. The summed E-state index contributed by atoms with van der Waals surface area (Å²) in [5, 5.41) is 14.4. The Morgan fingerprint density at radius 2 is 1.89 bits per heavy atom. The van der Waals surface area contributed by atoms with Gasteiger partial charge in [-0.25, -0.2) is 14.4 Å². The average molecular weight is 510 g/mol. The van der Waals surface area contributed by atoms with Gasteiger partial charge < -0.3 is 19.9 Å². The predicted octanol–water partition coefficient (Wildman–Crippen LogP) is 4.13. The van der Waals surface area contributed by atoms with E-state index in [0.29, 0.717) is 30.7 Å². The SMILES string of the molecule is CC(C)c1c(CN2[C@H](C)COC[C@@H]2C)cnc2ccc(-c3nc(N[C@@H]4CCOC[C@H]4O)ncc3F)cc12. The summed E-state index contributed by atoms with van der Waals surface area (Å²) in [4.78, 5) is 15.8. The first-order valence-electron chi connectivity index (χ1n) is 13.1. The van der Waals surface area contributed by atoms with Crippen LogP contribution in [-0.2, 0) is 16.0 Å². The molecule has 0 unspecified atom stereocenters. The van der Waals surface area contributed by atoms with Gasteiger partial charge in [0.05, 0.1) is 43.7 Å². The number of ether oxygens (including phenoxy) is 2. The number of nitrogens with one attached hydrogen (secondary N) is 1. The second-order valence-electron chi connectivity index (χ2n) is 10.6. The minimum Gasteiger partial charge on any atom is -0.389 e. The van der Waals surface area contributed by atoms with Gasteiger partial charge in [0.25, 0.3) is 0 Å². The number of benzene rings is 1. The van der Waals surface area contributed by atoms with Gasteiger partial charge >= 0.3 is 0 Å². The Morgan fingerprint density at radius 3 is 2.62 bits per heavy atom. The highest BCUT2D eigenvalue weighted by Gasteiger charge is 2.27. The first-order chi connectivity index (χ1) is 17.8. The highest BCUT2D eigenvalue weighted by Crippen LogP contribution is 2.33. The Bertz CT molecular complexity index is 1250. The van der Waals surface area contributed by atoms with E-state index in [1.165, 1.54) is 17.3 Å². The van der Waals surface area contributed by atoms with Crippen molar-refractivity contribution in [2.75, 3.05) is 31.7 Å². The molecule has 37 heavy (non-hydrogen) atoms. The Morgan fingerprint density at radius 1 is 1.11 bits per heavy atom. The van der Waals surface area contributed by atoms with Gasteiger partial charge in [0, 0.05) is 42.4 Å². The predicted molar refractivity (Wildman–Crippen MR) is 141 cm³/mol. The van der Waals surface area contributed by atoms with Crippen LogP contribution in [0.5, 0.6) is 0 Å². The van der Waals surface area contributed by atoms with Crippen molar-refractivity contribution in [2.45, 2.75) is 70.8 Å². The highest BCUT2D eigenvalue weighted by molar-refractivity contribution is 5.88. The lowest BCUT2D eigenvalue weighted by Gasteiger charge is -2.39. The summed E-state index contributed by atoms with van der Waals surface area (Å²) >= 11 is 0. The zero-order valence-corrected chi connectivity index (χ0v) is 21.9. The molecule has 0 amide bonds. The quantitative estimate of drug-likeness (QED) is 0.513. The minimum atomic E-state index is -0.665. The smallest absolute Gasteiger partial charge is 0.223 e. The van der Waals surface area contributed by atoms with E-state index in [2.05, 4.69) is 47.9 Å². The van der Waals surface area contributed by atoms with E-state index in [4.69, 9.17) is 14.5 Å². The van der Waals surface area contributed by atoms with Gasteiger partial charge in [0.2, 0.25) is 5.95 Å². The van der Waals surface area contributed by atoms with Crippen molar-refractivity contribution >= 4 is 16.9 Å². The maximum Gasteiger partial charge on any atom is 0.223 e. The van der Waals surface area contributed by atoms with E-state index in [9.17, 15) is 9.50 Å². The first kappa shape index (κ1) is 25.9. The Kier molecular flexibility index (Phi) is 7.67. The molecular formula is C28H36FN5O3. The summed E-state index contributed by atoms with van der Waals surface area (Å²) in [5.41, 5.74) is 4.15. The number of morpholine rings is 1. The number of aromatic nitrogens is 3. The van der Waals surface area contributed by atoms with Gasteiger partial charge in [0.1, 0.15) is 5.69 Å². The number of pyridine rings is 1. The molecule has 2 fully saturated rings. The van der Waals surface area contributed by atoms with Crippen LogP contribution in [0.3, 0.4) is 0 Å². The lowest BCUT2D eigenvalue weighted by Crippen LogP contribution is -2.49. The number of nitrogens with zero attached hydrogens (tertiary/aromatic N) is 4. The van der Waals surface area contributed by atoms with Crippen molar-refractivity contribution in [2.24, 2.45) is 0 Å². The summed E-state index contributed by atoms with van der Waals surface area (Å²) in [6.45, 7) is 11.8.